The molecule has 16 heavy (non-hydrogen) atoms. The molecule has 1 rings (SSSR count). The Morgan fingerprint density at radius 3 is 2.12 bits per heavy atom. The average Bonchev–Trinajstić information content (AvgIpc) is 2.32. The van der Waals surface area contributed by atoms with E-state index in [0.29, 0.717) is 0 Å². The van der Waals surface area contributed by atoms with E-state index in [1.54, 1.807) is 7.11 Å². The van der Waals surface area contributed by atoms with Crippen molar-refractivity contribution in [2.45, 2.75) is 13.3 Å². The van der Waals surface area contributed by atoms with E-state index < -0.39 is 0 Å². The van der Waals surface area contributed by atoms with Gasteiger partial charge in [0.2, 0.25) is 0 Å². The number of ether oxygens (including phenoxy) is 2. The van der Waals surface area contributed by atoms with Gasteiger partial charge in [0.25, 0.3) is 0 Å². The molecule has 0 bridgehead atoms. The fourth-order valence-corrected chi connectivity index (χ4v) is 2.01. The van der Waals surface area contributed by atoms with Crippen molar-refractivity contribution in [3.63, 3.8) is 0 Å². The molecule has 4 nitrogen and oxygen atoms in total. The van der Waals surface area contributed by atoms with Crippen molar-refractivity contribution in [3.05, 3.63) is 0 Å². The molecule has 0 aliphatic carbocycles. The van der Waals surface area contributed by atoms with E-state index in [0.717, 1.165) is 32.8 Å². The Bertz CT molecular complexity index is 141. The molecule has 0 spiro atoms. The van der Waals surface area contributed by atoms with E-state index in [1.165, 1.54) is 32.7 Å². The Hall–Kier alpha value is -0.160. The van der Waals surface area contributed by atoms with E-state index in [9.17, 15) is 0 Å². The lowest BCUT2D eigenvalue weighted by Gasteiger charge is -2.34. The molecule has 0 N–H and O–H groups in total. The highest BCUT2D eigenvalue weighted by molar-refractivity contribution is 4.71. The summed E-state index contributed by atoms with van der Waals surface area (Å²) in [5, 5.41) is 0. The zero-order valence-corrected chi connectivity index (χ0v) is 10.8. The molecule has 96 valence electrons. The van der Waals surface area contributed by atoms with E-state index in [1.807, 2.05) is 6.92 Å². The second kappa shape index (κ2) is 8.93. The lowest BCUT2D eigenvalue weighted by Crippen LogP contribution is -2.47. The van der Waals surface area contributed by atoms with Gasteiger partial charge in [-0.05, 0) is 13.3 Å². The normalized spacial score (nSPS) is 19.1. The van der Waals surface area contributed by atoms with Gasteiger partial charge < -0.3 is 14.4 Å². The van der Waals surface area contributed by atoms with Crippen LogP contribution in [0.5, 0.6) is 0 Å². The highest BCUT2D eigenvalue weighted by Crippen LogP contribution is 2.02. The van der Waals surface area contributed by atoms with Crippen LogP contribution in [0.4, 0.5) is 0 Å². The molecular weight excluding hydrogens is 204 g/mol. The molecule has 4 heteroatoms. The second-order valence-electron chi connectivity index (χ2n) is 4.23. The molecule has 0 aromatic carbocycles. The van der Waals surface area contributed by atoms with Crippen LogP contribution in [0.2, 0.25) is 0 Å². The zero-order valence-electron chi connectivity index (χ0n) is 10.8. The molecule has 0 radical (unpaired) electrons. The molecule has 1 saturated heterocycles. The number of hydrogen-bond donors (Lipinski definition) is 0. The number of hydrogen-bond acceptors (Lipinski definition) is 4. The van der Waals surface area contributed by atoms with Crippen LogP contribution in [0.25, 0.3) is 0 Å². The van der Waals surface area contributed by atoms with Gasteiger partial charge in [-0.3, -0.25) is 4.90 Å². The summed E-state index contributed by atoms with van der Waals surface area (Å²) in [4.78, 5) is 5.01. The molecule has 1 heterocycles. The van der Waals surface area contributed by atoms with Crippen LogP contribution >= 0.6 is 0 Å². The van der Waals surface area contributed by atoms with Gasteiger partial charge in [-0.2, -0.15) is 0 Å². The van der Waals surface area contributed by atoms with E-state index in [4.69, 9.17) is 9.47 Å². The fourth-order valence-electron chi connectivity index (χ4n) is 2.01. The summed E-state index contributed by atoms with van der Waals surface area (Å²) >= 11 is 0. The largest absolute Gasteiger partial charge is 0.385 e. The van der Waals surface area contributed by atoms with Gasteiger partial charge in [0.05, 0.1) is 6.61 Å². The van der Waals surface area contributed by atoms with Gasteiger partial charge in [-0.25, -0.2) is 0 Å². The summed E-state index contributed by atoms with van der Waals surface area (Å²) in [7, 11) is 1.77. The first kappa shape index (κ1) is 13.9. The van der Waals surface area contributed by atoms with Gasteiger partial charge in [0, 0.05) is 59.6 Å². The smallest absolute Gasteiger partial charge is 0.0593 e. The van der Waals surface area contributed by atoms with Crippen molar-refractivity contribution in [1.29, 1.82) is 0 Å². The maximum Gasteiger partial charge on any atom is 0.0593 e. The van der Waals surface area contributed by atoms with Gasteiger partial charge in [0.15, 0.2) is 0 Å². The van der Waals surface area contributed by atoms with Gasteiger partial charge >= 0.3 is 0 Å². The molecular formula is C12H26N2O2. The molecule has 0 saturated carbocycles. The molecule has 0 amide bonds. The van der Waals surface area contributed by atoms with E-state index >= 15 is 0 Å². The Morgan fingerprint density at radius 1 is 0.938 bits per heavy atom. The first-order valence-electron chi connectivity index (χ1n) is 6.38. The Labute approximate surface area is 99.5 Å². The predicted molar refractivity (Wildman–Crippen MR) is 65.9 cm³/mol. The highest BCUT2D eigenvalue weighted by atomic mass is 16.5. The topological polar surface area (TPSA) is 24.9 Å². The Kier molecular flexibility index (Phi) is 7.76. The van der Waals surface area contributed by atoms with E-state index in [-0.39, 0.29) is 0 Å². The maximum atomic E-state index is 5.37. The SMILES string of the molecule is CCOCCN1CCN(CCCOC)CC1. The average molecular weight is 230 g/mol. The Balaban J connectivity index is 2.00. The van der Waals surface area contributed by atoms with Crippen LogP contribution in [0.15, 0.2) is 0 Å². The highest BCUT2D eigenvalue weighted by Gasteiger charge is 2.15. The van der Waals surface area contributed by atoms with Crippen LogP contribution in [-0.4, -0.2) is 76.0 Å². The van der Waals surface area contributed by atoms with Crippen LogP contribution in [0, 0.1) is 0 Å². The number of methoxy groups -OCH3 is 1. The minimum absolute atomic E-state index is 0.830. The van der Waals surface area contributed by atoms with Crippen LogP contribution in [0.1, 0.15) is 13.3 Å². The van der Waals surface area contributed by atoms with Crippen molar-refractivity contribution in [3.8, 4) is 0 Å². The molecule has 1 aliphatic rings. The predicted octanol–water partition coefficient (Wildman–Crippen LogP) is 0.677. The van der Waals surface area contributed by atoms with Crippen LogP contribution < -0.4 is 0 Å². The first-order chi connectivity index (χ1) is 7.86. The standard InChI is InChI=1S/C12H26N2O2/c1-3-16-12-10-14-8-6-13(7-9-14)5-4-11-15-2/h3-12H2,1-2H3. The lowest BCUT2D eigenvalue weighted by atomic mass is 10.3. The molecule has 0 atom stereocenters. The summed E-state index contributed by atoms with van der Waals surface area (Å²) in [5.74, 6) is 0. The van der Waals surface area contributed by atoms with Crippen LogP contribution in [0.3, 0.4) is 0 Å². The van der Waals surface area contributed by atoms with Gasteiger partial charge in [-0.15, -0.1) is 0 Å². The summed E-state index contributed by atoms with van der Waals surface area (Å²) in [6.07, 6.45) is 1.15. The van der Waals surface area contributed by atoms with E-state index in [2.05, 4.69) is 9.80 Å². The summed E-state index contributed by atoms with van der Waals surface area (Å²) in [6.45, 7) is 11.6. The molecule has 0 unspecified atom stereocenters. The maximum absolute atomic E-state index is 5.37. The number of rotatable bonds is 8. The van der Waals surface area contributed by atoms with Crippen molar-refractivity contribution in [1.82, 2.24) is 9.80 Å². The third-order valence-corrected chi connectivity index (χ3v) is 3.04. The van der Waals surface area contributed by atoms with Crippen molar-refractivity contribution < 1.29 is 9.47 Å². The third kappa shape index (κ3) is 5.80. The van der Waals surface area contributed by atoms with Crippen molar-refractivity contribution in [2.24, 2.45) is 0 Å². The fraction of sp³-hybridized carbons (Fsp3) is 1.00. The zero-order chi connectivity index (χ0) is 11.6. The van der Waals surface area contributed by atoms with Crippen molar-refractivity contribution >= 4 is 0 Å². The quantitative estimate of drug-likeness (QED) is 0.572. The monoisotopic (exact) mass is 230 g/mol. The summed E-state index contributed by atoms with van der Waals surface area (Å²) < 4.78 is 10.4. The summed E-state index contributed by atoms with van der Waals surface area (Å²) in [5.41, 5.74) is 0. The minimum Gasteiger partial charge on any atom is -0.385 e. The summed E-state index contributed by atoms with van der Waals surface area (Å²) in [6, 6.07) is 0. The first-order valence-corrected chi connectivity index (χ1v) is 6.38. The van der Waals surface area contributed by atoms with Gasteiger partial charge in [-0.1, -0.05) is 0 Å². The third-order valence-electron chi connectivity index (χ3n) is 3.04. The number of piperazine rings is 1. The van der Waals surface area contributed by atoms with Crippen molar-refractivity contribution in [2.75, 3.05) is 66.2 Å². The minimum atomic E-state index is 0.830. The number of nitrogens with zero attached hydrogens (tertiary/aromatic N) is 2. The van der Waals surface area contributed by atoms with Gasteiger partial charge in [0.1, 0.15) is 0 Å². The Morgan fingerprint density at radius 2 is 1.56 bits per heavy atom. The molecule has 1 fully saturated rings. The lowest BCUT2D eigenvalue weighted by molar-refractivity contribution is 0.0770. The van der Waals surface area contributed by atoms with Crippen LogP contribution in [-0.2, 0) is 9.47 Å². The molecule has 0 aromatic rings. The molecule has 1 aliphatic heterocycles. The second-order valence-corrected chi connectivity index (χ2v) is 4.23. The molecule has 0 aromatic heterocycles.